The molecule has 0 unspecified atom stereocenters. The van der Waals surface area contributed by atoms with Crippen LogP contribution in [0.2, 0.25) is 0 Å². The summed E-state index contributed by atoms with van der Waals surface area (Å²) in [6.45, 7) is 0.345. The molecule has 0 spiro atoms. The van der Waals surface area contributed by atoms with Crippen LogP contribution in [0.3, 0.4) is 0 Å². The number of benzene rings is 1. The van der Waals surface area contributed by atoms with Crippen molar-refractivity contribution in [3.63, 3.8) is 0 Å². The standard InChI is InChI=1S/C15H11FINO4/c16-10-3-1-9(2-4-10)7-18-8-11(17)5-12(18)13(19)6-14(20)15(21)22/h1-6,8,19H,7H2,(H,21,22)/b13-6-. The normalized spacial score (nSPS) is 11.5. The Balaban J connectivity index is 2.32. The van der Waals surface area contributed by atoms with Gasteiger partial charge in [0.25, 0.3) is 5.78 Å². The zero-order chi connectivity index (χ0) is 16.3. The Morgan fingerprint density at radius 3 is 2.45 bits per heavy atom. The van der Waals surface area contributed by atoms with Gasteiger partial charge in [-0.25, -0.2) is 9.18 Å². The van der Waals surface area contributed by atoms with Crippen LogP contribution >= 0.6 is 22.6 Å². The zero-order valence-electron chi connectivity index (χ0n) is 11.2. The van der Waals surface area contributed by atoms with Gasteiger partial charge >= 0.3 is 5.97 Å². The smallest absolute Gasteiger partial charge is 0.376 e. The highest BCUT2D eigenvalue weighted by Crippen LogP contribution is 2.19. The van der Waals surface area contributed by atoms with Gasteiger partial charge in [0.2, 0.25) is 0 Å². The highest BCUT2D eigenvalue weighted by Gasteiger charge is 2.14. The number of nitrogens with zero attached hydrogens (tertiary/aromatic N) is 1. The Morgan fingerprint density at radius 1 is 1.23 bits per heavy atom. The van der Waals surface area contributed by atoms with E-state index in [0.29, 0.717) is 18.3 Å². The number of carboxylic acids is 1. The van der Waals surface area contributed by atoms with Gasteiger partial charge in [0.1, 0.15) is 11.6 Å². The average Bonchev–Trinajstić information content (AvgIpc) is 2.82. The van der Waals surface area contributed by atoms with Crippen LogP contribution in [0.1, 0.15) is 11.3 Å². The number of carboxylic acid groups (broad SMARTS) is 1. The number of hydrogen-bond donors (Lipinski definition) is 2. The first-order valence-corrected chi connectivity index (χ1v) is 7.23. The van der Waals surface area contributed by atoms with Crippen molar-refractivity contribution >= 4 is 40.1 Å². The van der Waals surface area contributed by atoms with Crippen molar-refractivity contribution in [3.8, 4) is 0 Å². The van der Waals surface area contributed by atoms with Crippen LogP contribution in [-0.4, -0.2) is 26.5 Å². The van der Waals surface area contributed by atoms with Gasteiger partial charge < -0.3 is 14.8 Å². The minimum Gasteiger partial charge on any atom is -0.506 e. The molecule has 0 radical (unpaired) electrons. The van der Waals surface area contributed by atoms with Crippen LogP contribution in [0.15, 0.2) is 42.6 Å². The molecule has 1 aromatic carbocycles. The number of carbonyl (C=O) groups is 2. The molecule has 114 valence electrons. The van der Waals surface area contributed by atoms with E-state index in [4.69, 9.17) is 5.11 Å². The van der Waals surface area contributed by atoms with Gasteiger partial charge in [0.15, 0.2) is 0 Å². The molecule has 22 heavy (non-hydrogen) atoms. The van der Waals surface area contributed by atoms with E-state index in [1.165, 1.54) is 12.1 Å². The number of rotatable bonds is 5. The molecule has 0 fully saturated rings. The lowest BCUT2D eigenvalue weighted by atomic mass is 10.2. The maximum atomic E-state index is 12.9. The molecule has 0 atom stereocenters. The predicted octanol–water partition coefficient (Wildman–Crippen LogP) is 2.83. The van der Waals surface area contributed by atoms with Crippen molar-refractivity contribution in [1.29, 1.82) is 0 Å². The molecule has 1 heterocycles. The summed E-state index contributed by atoms with van der Waals surface area (Å²) in [5.74, 6) is -3.63. The van der Waals surface area contributed by atoms with E-state index in [2.05, 4.69) is 0 Å². The van der Waals surface area contributed by atoms with Gasteiger partial charge in [-0.3, -0.25) is 4.79 Å². The first-order chi connectivity index (χ1) is 10.4. The van der Waals surface area contributed by atoms with Gasteiger partial charge in [0.05, 0.1) is 5.69 Å². The second kappa shape index (κ2) is 6.73. The monoisotopic (exact) mass is 415 g/mol. The van der Waals surface area contributed by atoms with E-state index >= 15 is 0 Å². The predicted molar refractivity (Wildman–Crippen MR) is 85.9 cm³/mol. The van der Waals surface area contributed by atoms with Crippen LogP contribution in [0.4, 0.5) is 4.39 Å². The first kappa shape index (κ1) is 16.2. The molecule has 0 bridgehead atoms. The molecule has 5 nitrogen and oxygen atoms in total. The SMILES string of the molecule is O=C(O)C(=O)/C=C(\O)c1cc(I)cn1Cc1ccc(F)cc1. The summed E-state index contributed by atoms with van der Waals surface area (Å²) in [5, 5.41) is 18.5. The number of carbonyl (C=O) groups excluding carboxylic acids is 1. The van der Waals surface area contributed by atoms with Crippen LogP contribution in [0.5, 0.6) is 0 Å². The third-order valence-electron chi connectivity index (χ3n) is 2.87. The van der Waals surface area contributed by atoms with E-state index in [1.807, 2.05) is 22.6 Å². The van der Waals surface area contributed by atoms with Gasteiger partial charge in [-0.15, -0.1) is 0 Å². The van der Waals surface area contributed by atoms with Crippen molar-refractivity contribution in [2.45, 2.75) is 6.54 Å². The Hall–Kier alpha value is -2.16. The Bertz CT molecular complexity index is 749. The molecular weight excluding hydrogens is 404 g/mol. The molecule has 1 aromatic heterocycles. The maximum absolute atomic E-state index is 12.9. The van der Waals surface area contributed by atoms with Crippen LogP contribution in [0.25, 0.3) is 5.76 Å². The molecule has 2 rings (SSSR count). The largest absolute Gasteiger partial charge is 0.506 e. The summed E-state index contributed by atoms with van der Waals surface area (Å²) < 4.78 is 15.4. The molecule has 0 aliphatic rings. The Kier molecular flexibility index (Phi) is 4.96. The quantitative estimate of drug-likeness (QED) is 0.341. The minimum atomic E-state index is -1.64. The second-order valence-corrected chi connectivity index (χ2v) is 5.74. The average molecular weight is 415 g/mol. The van der Waals surface area contributed by atoms with Gasteiger partial charge in [-0.1, -0.05) is 12.1 Å². The summed E-state index contributed by atoms with van der Waals surface area (Å²) in [6, 6.07) is 7.48. The summed E-state index contributed by atoms with van der Waals surface area (Å²) in [7, 11) is 0. The van der Waals surface area contributed by atoms with Gasteiger partial charge in [0, 0.05) is 22.4 Å². The summed E-state index contributed by atoms with van der Waals surface area (Å²) in [4.78, 5) is 21.7. The first-order valence-electron chi connectivity index (χ1n) is 6.15. The van der Waals surface area contributed by atoms with Gasteiger partial charge in [-0.05, 0) is 46.4 Å². The molecular formula is C15H11FINO4. The van der Waals surface area contributed by atoms with E-state index < -0.39 is 17.5 Å². The molecule has 0 amide bonds. The van der Waals surface area contributed by atoms with Crippen LogP contribution < -0.4 is 0 Å². The lowest BCUT2D eigenvalue weighted by Crippen LogP contribution is -2.10. The van der Waals surface area contributed by atoms with Crippen molar-refractivity contribution in [1.82, 2.24) is 4.57 Å². The third-order valence-corrected chi connectivity index (χ3v) is 3.46. The van der Waals surface area contributed by atoms with E-state index in [-0.39, 0.29) is 5.82 Å². The van der Waals surface area contributed by atoms with Crippen LogP contribution in [-0.2, 0) is 16.1 Å². The Morgan fingerprint density at radius 2 is 1.86 bits per heavy atom. The van der Waals surface area contributed by atoms with E-state index in [1.54, 1.807) is 29.0 Å². The fraction of sp³-hybridized carbons (Fsp3) is 0.0667. The Labute approximate surface area is 138 Å². The second-order valence-electron chi connectivity index (χ2n) is 4.50. The van der Waals surface area contributed by atoms with E-state index in [9.17, 15) is 19.1 Å². The van der Waals surface area contributed by atoms with Crippen molar-refractivity contribution in [2.75, 3.05) is 0 Å². The fourth-order valence-electron chi connectivity index (χ4n) is 1.87. The zero-order valence-corrected chi connectivity index (χ0v) is 13.3. The summed E-state index contributed by atoms with van der Waals surface area (Å²) >= 11 is 2.03. The number of aliphatic hydroxyl groups is 1. The van der Waals surface area contributed by atoms with E-state index in [0.717, 1.165) is 9.13 Å². The fourth-order valence-corrected chi connectivity index (χ4v) is 2.50. The minimum absolute atomic E-state index is 0.309. The number of halogens is 2. The maximum Gasteiger partial charge on any atom is 0.376 e. The number of hydrogen-bond acceptors (Lipinski definition) is 3. The van der Waals surface area contributed by atoms with Crippen molar-refractivity contribution in [3.05, 3.63) is 63.2 Å². The number of aromatic nitrogens is 1. The lowest BCUT2D eigenvalue weighted by molar-refractivity contribution is -0.146. The number of aliphatic hydroxyl groups excluding tert-OH is 1. The molecule has 2 N–H and O–H groups in total. The molecule has 0 aliphatic carbocycles. The highest BCUT2D eigenvalue weighted by atomic mass is 127. The van der Waals surface area contributed by atoms with Crippen molar-refractivity contribution < 1.29 is 24.2 Å². The number of ketones is 1. The molecule has 0 aliphatic heterocycles. The summed E-state index contributed by atoms with van der Waals surface area (Å²) in [5.41, 5.74) is 1.11. The highest BCUT2D eigenvalue weighted by molar-refractivity contribution is 14.1. The summed E-state index contributed by atoms with van der Waals surface area (Å²) in [6.07, 6.45) is 2.39. The number of aliphatic carboxylic acids is 1. The molecule has 7 heteroatoms. The molecule has 0 saturated heterocycles. The van der Waals surface area contributed by atoms with Crippen molar-refractivity contribution in [2.24, 2.45) is 0 Å². The van der Waals surface area contributed by atoms with Crippen LogP contribution in [0, 0.1) is 9.39 Å². The molecule has 2 aromatic rings. The van der Waals surface area contributed by atoms with Gasteiger partial charge in [-0.2, -0.15) is 0 Å². The third kappa shape index (κ3) is 3.94. The lowest BCUT2D eigenvalue weighted by Gasteiger charge is -2.08. The topological polar surface area (TPSA) is 79.5 Å². The molecule has 0 saturated carbocycles.